The molecule has 3 atom stereocenters. The first-order chi connectivity index (χ1) is 20.9. The summed E-state index contributed by atoms with van der Waals surface area (Å²) in [7, 11) is 3.61. The molecule has 3 aromatic carbocycles. The Morgan fingerprint density at radius 1 is 1.09 bits per heavy atom. The molecular weight excluding hydrogens is 577 g/mol. The molecule has 236 valence electrons. The van der Waals surface area contributed by atoms with E-state index in [0.717, 1.165) is 35.6 Å². The molecule has 0 radical (unpaired) electrons. The number of hydrogen-bond acceptors (Lipinski definition) is 6. The van der Waals surface area contributed by atoms with Gasteiger partial charge in [0.05, 0.1) is 30.9 Å². The van der Waals surface area contributed by atoms with E-state index in [1.165, 1.54) is 6.07 Å². The Morgan fingerprint density at radius 3 is 2.34 bits per heavy atom. The van der Waals surface area contributed by atoms with Crippen molar-refractivity contribution in [3.8, 4) is 11.5 Å². The number of aliphatic hydroxyl groups is 1. The zero-order valence-electron chi connectivity index (χ0n) is 25.0. The van der Waals surface area contributed by atoms with E-state index in [9.17, 15) is 27.9 Å². The average molecular weight is 615 g/mol. The average Bonchev–Trinajstić information content (AvgIpc) is 2.99. The van der Waals surface area contributed by atoms with Gasteiger partial charge in [0.25, 0.3) is 5.91 Å². The van der Waals surface area contributed by atoms with Crippen LogP contribution in [0.5, 0.6) is 11.5 Å². The van der Waals surface area contributed by atoms with Crippen LogP contribution >= 0.6 is 0 Å². The van der Waals surface area contributed by atoms with Crippen LogP contribution in [0, 0.1) is 5.92 Å². The van der Waals surface area contributed by atoms with Gasteiger partial charge in [-0.25, -0.2) is 4.79 Å². The first-order valence-corrected chi connectivity index (χ1v) is 14.2. The van der Waals surface area contributed by atoms with Crippen LogP contribution in [0.15, 0.2) is 66.7 Å². The highest BCUT2D eigenvalue weighted by Crippen LogP contribution is 2.32. The third-order valence-corrected chi connectivity index (χ3v) is 7.50. The lowest BCUT2D eigenvalue weighted by Crippen LogP contribution is -2.49. The van der Waals surface area contributed by atoms with Gasteiger partial charge in [0.2, 0.25) is 0 Å². The van der Waals surface area contributed by atoms with Crippen molar-refractivity contribution in [3.63, 3.8) is 0 Å². The van der Waals surface area contributed by atoms with Crippen LogP contribution in [0.3, 0.4) is 0 Å². The lowest BCUT2D eigenvalue weighted by atomic mass is 9.99. The number of amides is 3. The van der Waals surface area contributed by atoms with Gasteiger partial charge in [-0.05, 0) is 74.1 Å². The molecule has 44 heavy (non-hydrogen) atoms. The van der Waals surface area contributed by atoms with E-state index in [4.69, 9.17) is 9.47 Å². The van der Waals surface area contributed by atoms with Gasteiger partial charge in [0.15, 0.2) is 0 Å². The van der Waals surface area contributed by atoms with E-state index in [1.54, 1.807) is 31.1 Å². The third kappa shape index (κ3) is 8.20. The zero-order valence-corrected chi connectivity index (χ0v) is 25.0. The predicted octanol–water partition coefficient (Wildman–Crippen LogP) is 5.71. The highest BCUT2D eigenvalue weighted by atomic mass is 19.4. The van der Waals surface area contributed by atoms with Gasteiger partial charge >= 0.3 is 12.2 Å². The summed E-state index contributed by atoms with van der Waals surface area (Å²) in [4.78, 5) is 30.1. The Kier molecular flexibility index (Phi) is 10.4. The van der Waals surface area contributed by atoms with E-state index in [2.05, 4.69) is 15.5 Å². The van der Waals surface area contributed by atoms with Gasteiger partial charge in [0, 0.05) is 36.9 Å². The first kappa shape index (κ1) is 32.6. The van der Waals surface area contributed by atoms with Crippen molar-refractivity contribution in [3.05, 3.63) is 83.4 Å². The van der Waals surface area contributed by atoms with Crippen molar-refractivity contribution in [2.24, 2.45) is 5.92 Å². The van der Waals surface area contributed by atoms with E-state index < -0.39 is 23.8 Å². The number of carbonyl (C=O) groups excluding carboxylic acids is 2. The maximum atomic E-state index is 13.7. The molecule has 0 aromatic heterocycles. The van der Waals surface area contributed by atoms with Crippen LogP contribution in [0.2, 0.25) is 0 Å². The number of nitrogens with one attached hydrogen (secondary N) is 2. The van der Waals surface area contributed by atoms with E-state index in [0.29, 0.717) is 25.4 Å². The summed E-state index contributed by atoms with van der Waals surface area (Å²) >= 11 is 0. The summed E-state index contributed by atoms with van der Waals surface area (Å²) in [6.07, 6.45) is -4.79. The van der Waals surface area contributed by atoms with Crippen molar-refractivity contribution >= 4 is 23.3 Å². The van der Waals surface area contributed by atoms with E-state index in [1.807, 2.05) is 38.2 Å². The monoisotopic (exact) mass is 614 g/mol. The summed E-state index contributed by atoms with van der Waals surface area (Å²) in [6.45, 7) is 5.09. The minimum atomic E-state index is -4.49. The quantitative estimate of drug-likeness (QED) is 0.285. The number of carbonyl (C=O) groups is 2. The smallest absolute Gasteiger partial charge is 0.416 e. The number of alkyl halides is 3. The molecule has 1 aliphatic rings. The standard InChI is InChI=1S/C32H37F3N4O5/c1-20-16-39(21(2)19-40)30(41)27-15-25(37-31(42)36-24-9-7-23(8-10-24)32(33,34)35)11-14-28(27)44-29(20)18-38(3)17-22-5-12-26(43-4)13-6-22/h5-15,20-21,29,40H,16-19H2,1-4H3,(H2,36,37,42)/t20-,21+,29-/m1/s1. The Labute approximate surface area is 254 Å². The van der Waals surface area contributed by atoms with Crippen molar-refractivity contribution in [1.82, 2.24) is 9.80 Å². The molecule has 0 unspecified atom stereocenters. The van der Waals surface area contributed by atoms with Crippen LogP contribution in [0.4, 0.5) is 29.3 Å². The fraction of sp³-hybridized carbons (Fsp3) is 0.375. The molecule has 3 aromatic rings. The van der Waals surface area contributed by atoms with Crippen LogP contribution in [-0.2, 0) is 12.7 Å². The lowest BCUT2D eigenvalue weighted by Gasteiger charge is -2.38. The molecule has 4 rings (SSSR count). The molecule has 0 spiro atoms. The predicted molar refractivity (Wildman–Crippen MR) is 161 cm³/mol. The second-order valence-corrected chi connectivity index (χ2v) is 11.0. The molecule has 0 saturated heterocycles. The number of halogens is 3. The maximum absolute atomic E-state index is 13.7. The summed E-state index contributed by atoms with van der Waals surface area (Å²) in [5.41, 5.74) is 0.934. The highest BCUT2D eigenvalue weighted by molar-refractivity contribution is 6.02. The number of fused-ring (bicyclic) bond motifs is 1. The molecule has 1 aliphatic heterocycles. The van der Waals surface area contributed by atoms with Crippen LogP contribution in [0.1, 0.15) is 35.3 Å². The summed E-state index contributed by atoms with van der Waals surface area (Å²) in [5, 5.41) is 15.0. The molecule has 3 amide bonds. The van der Waals surface area contributed by atoms with Crippen molar-refractivity contribution < 1.29 is 37.3 Å². The molecule has 0 saturated carbocycles. The number of ether oxygens (including phenoxy) is 2. The molecule has 0 aliphatic carbocycles. The Balaban J connectivity index is 1.52. The minimum Gasteiger partial charge on any atom is -0.497 e. The Morgan fingerprint density at radius 2 is 1.73 bits per heavy atom. The Hall–Kier alpha value is -4.29. The molecule has 0 fully saturated rings. The number of anilines is 2. The number of likely N-dealkylation sites (N-methyl/N-ethyl adjacent to an activating group) is 1. The zero-order chi connectivity index (χ0) is 32.0. The second-order valence-electron chi connectivity index (χ2n) is 11.0. The second kappa shape index (κ2) is 14.0. The van der Waals surface area contributed by atoms with Gasteiger partial charge in [-0.1, -0.05) is 19.1 Å². The maximum Gasteiger partial charge on any atom is 0.416 e. The highest BCUT2D eigenvalue weighted by Gasteiger charge is 2.34. The number of hydrogen-bond donors (Lipinski definition) is 3. The molecule has 1 heterocycles. The van der Waals surface area contributed by atoms with Crippen molar-refractivity contribution in [2.45, 2.75) is 38.7 Å². The van der Waals surface area contributed by atoms with Gasteiger partial charge < -0.3 is 30.1 Å². The third-order valence-electron chi connectivity index (χ3n) is 7.50. The van der Waals surface area contributed by atoms with Gasteiger partial charge in [0.1, 0.15) is 17.6 Å². The van der Waals surface area contributed by atoms with Gasteiger partial charge in [-0.3, -0.25) is 9.69 Å². The summed E-state index contributed by atoms with van der Waals surface area (Å²) < 4.78 is 50.2. The van der Waals surface area contributed by atoms with Gasteiger partial charge in [-0.2, -0.15) is 13.2 Å². The number of rotatable bonds is 9. The summed E-state index contributed by atoms with van der Waals surface area (Å²) in [5.74, 6) is 0.684. The van der Waals surface area contributed by atoms with Crippen LogP contribution in [-0.4, -0.2) is 72.8 Å². The summed E-state index contributed by atoms with van der Waals surface area (Å²) in [6, 6.07) is 15.4. The largest absolute Gasteiger partial charge is 0.497 e. The number of urea groups is 1. The van der Waals surface area contributed by atoms with Crippen LogP contribution < -0.4 is 20.1 Å². The normalized spacial score (nSPS) is 17.7. The van der Waals surface area contributed by atoms with Crippen LogP contribution in [0.25, 0.3) is 0 Å². The van der Waals surface area contributed by atoms with E-state index >= 15 is 0 Å². The lowest BCUT2D eigenvalue weighted by molar-refractivity contribution is -0.137. The minimum absolute atomic E-state index is 0.0771. The topological polar surface area (TPSA) is 103 Å². The Bertz CT molecular complexity index is 1430. The van der Waals surface area contributed by atoms with Gasteiger partial charge in [-0.15, -0.1) is 0 Å². The van der Waals surface area contributed by atoms with Crippen molar-refractivity contribution in [2.75, 3.05) is 44.5 Å². The molecule has 3 N–H and O–H groups in total. The first-order valence-electron chi connectivity index (χ1n) is 14.2. The fourth-order valence-corrected chi connectivity index (χ4v) is 4.97. The molecule has 9 nitrogen and oxygen atoms in total. The van der Waals surface area contributed by atoms with E-state index in [-0.39, 0.29) is 41.5 Å². The number of nitrogens with zero attached hydrogens (tertiary/aromatic N) is 2. The molecule has 12 heteroatoms. The number of methoxy groups -OCH3 is 1. The number of benzene rings is 3. The number of aliphatic hydroxyl groups excluding tert-OH is 1. The molecular formula is C32H37F3N4O5. The SMILES string of the molecule is COc1ccc(CN(C)C[C@H]2Oc3ccc(NC(=O)Nc4ccc(C(F)(F)F)cc4)cc3C(=O)N([C@@H](C)CO)C[C@H]2C)cc1. The van der Waals surface area contributed by atoms with Crippen molar-refractivity contribution in [1.29, 1.82) is 0 Å². The fourth-order valence-electron chi connectivity index (χ4n) is 4.97. The molecule has 0 bridgehead atoms.